The van der Waals surface area contributed by atoms with Crippen LogP contribution in [0.25, 0.3) is 0 Å². The van der Waals surface area contributed by atoms with E-state index in [2.05, 4.69) is 41.0 Å². The van der Waals surface area contributed by atoms with Crippen LogP contribution in [-0.4, -0.2) is 48.6 Å². The number of ether oxygens (including phenoxy) is 1. The molecule has 0 bridgehead atoms. The first-order valence-corrected chi connectivity index (χ1v) is 9.07. The van der Waals surface area contributed by atoms with Crippen molar-refractivity contribution in [1.82, 2.24) is 14.9 Å². The predicted octanol–water partition coefficient (Wildman–Crippen LogP) is 2.66. The summed E-state index contributed by atoms with van der Waals surface area (Å²) in [6.45, 7) is 5.89. The van der Waals surface area contributed by atoms with Crippen LogP contribution in [0.15, 0.2) is 24.3 Å². The van der Waals surface area contributed by atoms with Gasteiger partial charge in [0.05, 0.1) is 5.69 Å². The Morgan fingerprint density at radius 3 is 2.92 bits per heavy atom. The second kappa shape index (κ2) is 6.64. The van der Waals surface area contributed by atoms with Crippen LogP contribution in [0.5, 0.6) is 5.75 Å². The lowest BCUT2D eigenvalue weighted by Crippen LogP contribution is -2.29. The zero-order valence-electron chi connectivity index (χ0n) is 15.3. The number of nitrogens with zero attached hydrogens (tertiary/aromatic N) is 4. The molecule has 132 valence electrons. The maximum Gasteiger partial charge on any atom is 0.135 e. The minimum atomic E-state index is 0.517. The van der Waals surface area contributed by atoms with Gasteiger partial charge in [0.1, 0.15) is 24.0 Å². The topological polar surface area (TPSA) is 41.5 Å². The van der Waals surface area contributed by atoms with Gasteiger partial charge in [-0.1, -0.05) is 18.2 Å². The number of rotatable bonds is 3. The van der Waals surface area contributed by atoms with Crippen molar-refractivity contribution in [3.63, 3.8) is 0 Å². The van der Waals surface area contributed by atoms with E-state index in [-0.39, 0.29) is 0 Å². The monoisotopic (exact) mass is 338 g/mol. The molecule has 2 aromatic rings. The summed E-state index contributed by atoms with van der Waals surface area (Å²) in [7, 11) is 4.37. The van der Waals surface area contributed by atoms with Crippen molar-refractivity contribution in [3.8, 4) is 5.75 Å². The molecule has 2 aliphatic heterocycles. The van der Waals surface area contributed by atoms with E-state index in [0.29, 0.717) is 12.5 Å². The first-order chi connectivity index (χ1) is 12.1. The molecule has 1 saturated heterocycles. The lowest BCUT2D eigenvalue weighted by molar-refractivity contribution is 0.301. The lowest BCUT2D eigenvalue weighted by atomic mass is 10.0. The van der Waals surface area contributed by atoms with Crippen molar-refractivity contribution >= 4 is 5.82 Å². The average Bonchev–Trinajstić information content (AvgIpc) is 2.90. The van der Waals surface area contributed by atoms with Crippen LogP contribution in [0, 0.1) is 12.8 Å². The molecular weight excluding hydrogens is 312 g/mol. The Kier molecular flexibility index (Phi) is 4.34. The number of hydrogen-bond acceptors (Lipinski definition) is 5. The van der Waals surface area contributed by atoms with E-state index < -0.39 is 0 Å². The van der Waals surface area contributed by atoms with Crippen molar-refractivity contribution in [3.05, 3.63) is 46.9 Å². The average molecular weight is 338 g/mol. The van der Waals surface area contributed by atoms with Gasteiger partial charge in [-0.3, -0.25) is 0 Å². The molecule has 25 heavy (non-hydrogen) atoms. The van der Waals surface area contributed by atoms with Gasteiger partial charge in [-0.25, -0.2) is 9.97 Å². The molecule has 1 fully saturated rings. The number of likely N-dealkylation sites (tertiary alicyclic amines) is 1. The summed E-state index contributed by atoms with van der Waals surface area (Å²) < 4.78 is 6.00. The van der Waals surface area contributed by atoms with Gasteiger partial charge in [-0.15, -0.1) is 0 Å². The maximum atomic E-state index is 6.00. The number of hydrogen-bond donors (Lipinski definition) is 0. The maximum absolute atomic E-state index is 6.00. The smallest absolute Gasteiger partial charge is 0.135 e. The minimum Gasteiger partial charge on any atom is -0.487 e. The molecule has 0 amide bonds. The third kappa shape index (κ3) is 3.33. The lowest BCUT2D eigenvalue weighted by Gasteiger charge is -2.25. The molecule has 5 nitrogen and oxygen atoms in total. The van der Waals surface area contributed by atoms with Gasteiger partial charge in [0.25, 0.3) is 0 Å². The summed E-state index contributed by atoms with van der Waals surface area (Å²) in [4.78, 5) is 14.2. The largest absolute Gasteiger partial charge is 0.487 e. The molecule has 0 radical (unpaired) electrons. The third-order valence-electron chi connectivity index (χ3n) is 5.27. The highest BCUT2D eigenvalue weighted by Gasteiger charge is 2.25. The third-order valence-corrected chi connectivity index (χ3v) is 5.27. The van der Waals surface area contributed by atoms with Gasteiger partial charge in [-0.05, 0) is 44.5 Å². The Morgan fingerprint density at radius 1 is 1.28 bits per heavy atom. The number of aromatic nitrogens is 2. The van der Waals surface area contributed by atoms with E-state index in [1.165, 1.54) is 30.6 Å². The Bertz CT molecular complexity index is 776. The van der Waals surface area contributed by atoms with Crippen LogP contribution >= 0.6 is 0 Å². The van der Waals surface area contributed by atoms with Crippen molar-refractivity contribution in [1.29, 1.82) is 0 Å². The van der Waals surface area contributed by atoms with Crippen molar-refractivity contribution < 1.29 is 4.74 Å². The first-order valence-electron chi connectivity index (χ1n) is 9.07. The fourth-order valence-electron chi connectivity index (χ4n) is 4.03. The highest BCUT2D eigenvalue weighted by atomic mass is 16.5. The fraction of sp³-hybridized carbons (Fsp3) is 0.500. The summed E-state index contributed by atoms with van der Waals surface area (Å²) in [5.41, 5.74) is 3.45. The molecule has 0 N–H and O–H groups in total. The van der Waals surface area contributed by atoms with Gasteiger partial charge in [-0.2, -0.15) is 0 Å². The zero-order chi connectivity index (χ0) is 17.4. The van der Waals surface area contributed by atoms with E-state index in [9.17, 15) is 0 Å². The molecule has 1 atom stereocenters. The standard InChI is InChI=1S/C20H26N4O/c1-14-21-18-13-25-19-7-5-4-6-16(19)10-17(18)20(22-14)24(3)12-15-8-9-23(2)11-15/h4-7,15H,8-13H2,1-3H3. The molecule has 3 heterocycles. The molecule has 0 saturated carbocycles. The summed E-state index contributed by atoms with van der Waals surface area (Å²) in [5, 5.41) is 0. The number of para-hydroxylation sites is 1. The highest BCUT2D eigenvalue weighted by Crippen LogP contribution is 2.32. The van der Waals surface area contributed by atoms with Crippen LogP contribution < -0.4 is 9.64 Å². The van der Waals surface area contributed by atoms with Crippen molar-refractivity contribution in [2.24, 2.45) is 5.92 Å². The summed E-state index contributed by atoms with van der Waals surface area (Å²) in [6.07, 6.45) is 2.09. The Hall–Kier alpha value is -2.14. The molecule has 0 spiro atoms. The molecule has 1 unspecified atom stereocenters. The SMILES string of the molecule is Cc1nc2c(c(N(C)CC3CCN(C)C3)n1)Cc1ccccc1OC2. The molecule has 1 aromatic carbocycles. The van der Waals surface area contributed by atoms with Crippen molar-refractivity contribution in [2.45, 2.75) is 26.4 Å². The van der Waals surface area contributed by atoms with Crippen LogP contribution in [0.3, 0.4) is 0 Å². The van der Waals surface area contributed by atoms with Crippen LogP contribution in [0.2, 0.25) is 0 Å². The van der Waals surface area contributed by atoms with Crippen LogP contribution in [0.1, 0.15) is 29.1 Å². The van der Waals surface area contributed by atoms with Gasteiger partial charge in [0, 0.05) is 32.1 Å². The number of aryl methyl sites for hydroxylation is 1. The van der Waals surface area contributed by atoms with E-state index >= 15 is 0 Å². The number of benzene rings is 1. The summed E-state index contributed by atoms with van der Waals surface area (Å²) in [6, 6.07) is 8.27. The van der Waals surface area contributed by atoms with Gasteiger partial charge in [0.15, 0.2) is 0 Å². The second-order valence-corrected chi connectivity index (χ2v) is 7.39. The molecule has 0 aliphatic carbocycles. The van der Waals surface area contributed by atoms with Crippen LogP contribution in [0.4, 0.5) is 5.82 Å². The summed E-state index contributed by atoms with van der Waals surface area (Å²) in [5.74, 6) is 3.55. The number of fused-ring (bicyclic) bond motifs is 2. The van der Waals surface area contributed by atoms with Crippen molar-refractivity contribution in [2.75, 3.05) is 38.6 Å². The van der Waals surface area contributed by atoms with Gasteiger partial charge >= 0.3 is 0 Å². The molecule has 2 aliphatic rings. The zero-order valence-corrected chi connectivity index (χ0v) is 15.3. The van der Waals surface area contributed by atoms with Crippen LogP contribution in [-0.2, 0) is 13.0 Å². The quantitative estimate of drug-likeness (QED) is 0.861. The molecular formula is C20H26N4O. The number of anilines is 1. The van der Waals surface area contributed by atoms with E-state index in [1.54, 1.807) is 0 Å². The van der Waals surface area contributed by atoms with Gasteiger partial charge < -0.3 is 14.5 Å². The predicted molar refractivity (Wildman–Crippen MR) is 99.2 cm³/mol. The van der Waals surface area contributed by atoms with E-state index in [0.717, 1.165) is 36.1 Å². The molecule has 1 aromatic heterocycles. The second-order valence-electron chi connectivity index (χ2n) is 7.39. The normalized spacial score (nSPS) is 19.7. The minimum absolute atomic E-state index is 0.517. The van der Waals surface area contributed by atoms with E-state index in [1.807, 2.05) is 19.1 Å². The van der Waals surface area contributed by atoms with E-state index in [4.69, 9.17) is 9.72 Å². The molecule has 4 rings (SSSR count). The highest BCUT2D eigenvalue weighted by molar-refractivity contribution is 5.53. The Labute approximate surface area is 149 Å². The first kappa shape index (κ1) is 16.3. The summed E-state index contributed by atoms with van der Waals surface area (Å²) >= 11 is 0. The Balaban J connectivity index is 1.66. The Morgan fingerprint density at radius 2 is 2.12 bits per heavy atom. The van der Waals surface area contributed by atoms with Gasteiger partial charge in [0.2, 0.25) is 0 Å². The fourth-order valence-corrected chi connectivity index (χ4v) is 4.03. The molecule has 5 heteroatoms.